The van der Waals surface area contributed by atoms with E-state index in [-0.39, 0.29) is 5.78 Å². The highest BCUT2D eigenvalue weighted by atomic mass is 19.1. The van der Waals surface area contributed by atoms with Gasteiger partial charge in [0.25, 0.3) is 0 Å². The average Bonchev–Trinajstić information content (AvgIpc) is 2.18. The molecule has 0 heterocycles. The van der Waals surface area contributed by atoms with E-state index >= 15 is 0 Å². The van der Waals surface area contributed by atoms with E-state index in [0.29, 0.717) is 23.6 Å². The number of rotatable bonds is 4. The highest BCUT2D eigenvalue weighted by Crippen LogP contribution is 2.17. The second-order valence-electron chi connectivity index (χ2n) is 4.09. The van der Waals surface area contributed by atoms with Crippen molar-refractivity contribution in [2.45, 2.75) is 26.7 Å². The Kier molecular flexibility index (Phi) is 3.83. The van der Waals surface area contributed by atoms with Crippen LogP contribution in [0.3, 0.4) is 0 Å². The van der Waals surface area contributed by atoms with Crippen LogP contribution in [0.25, 0.3) is 0 Å². The summed E-state index contributed by atoms with van der Waals surface area (Å²) in [5.41, 5.74) is 6.26. The molecule has 0 aliphatic heterocycles. The Balaban J connectivity index is 2.77. The first-order valence-corrected chi connectivity index (χ1v) is 5.09. The fraction of sp³-hybridized carbons (Fsp3) is 0.417. The molecule has 3 heteroatoms. The molecule has 1 aromatic rings. The SMILES string of the molecule is CC(C)CCC(=O)c1cc(F)ccc1N. The van der Waals surface area contributed by atoms with Gasteiger partial charge in [0.1, 0.15) is 5.82 Å². The summed E-state index contributed by atoms with van der Waals surface area (Å²) in [4.78, 5) is 11.7. The summed E-state index contributed by atoms with van der Waals surface area (Å²) in [6.07, 6.45) is 1.22. The molecule has 0 amide bonds. The molecule has 82 valence electrons. The smallest absolute Gasteiger partial charge is 0.165 e. The van der Waals surface area contributed by atoms with Gasteiger partial charge in [-0.15, -0.1) is 0 Å². The quantitative estimate of drug-likeness (QED) is 0.611. The van der Waals surface area contributed by atoms with E-state index in [1.165, 1.54) is 18.2 Å². The van der Waals surface area contributed by atoms with Gasteiger partial charge in [0.15, 0.2) is 5.78 Å². The molecular weight excluding hydrogens is 193 g/mol. The highest BCUT2D eigenvalue weighted by molar-refractivity contribution is 6.00. The monoisotopic (exact) mass is 209 g/mol. The van der Waals surface area contributed by atoms with Crippen LogP contribution in [0.5, 0.6) is 0 Å². The fourth-order valence-corrected chi connectivity index (χ4v) is 1.32. The maximum absolute atomic E-state index is 12.9. The van der Waals surface area contributed by atoms with Gasteiger partial charge in [-0.3, -0.25) is 4.79 Å². The molecule has 0 aliphatic rings. The van der Waals surface area contributed by atoms with Crippen molar-refractivity contribution in [3.8, 4) is 0 Å². The number of carbonyl (C=O) groups excluding carboxylic acids is 1. The molecule has 0 unspecified atom stereocenters. The van der Waals surface area contributed by atoms with Gasteiger partial charge in [0.2, 0.25) is 0 Å². The van der Waals surface area contributed by atoms with Crippen LogP contribution in [0.1, 0.15) is 37.0 Å². The molecule has 0 fully saturated rings. The van der Waals surface area contributed by atoms with Gasteiger partial charge in [-0.2, -0.15) is 0 Å². The largest absolute Gasteiger partial charge is 0.398 e. The van der Waals surface area contributed by atoms with Crippen LogP contribution >= 0.6 is 0 Å². The molecular formula is C12H16FNO. The van der Waals surface area contributed by atoms with Crippen molar-refractivity contribution in [3.05, 3.63) is 29.6 Å². The van der Waals surface area contributed by atoms with E-state index in [1.54, 1.807) is 0 Å². The third kappa shape index (κ3) is 3.35. The third-order valence-electron chi connectivity index (χ3n) is 2.26. The van der Waals surface area contributed by atoms with Crippen molar-refractivity contribution >= 4 is 11.5 Å². The maximum Gasteiger partial charge on any atom is 0.165 e. The summed E-state index contributed by atoms with van der Waals surface area (Å²) in [6.45, 7) is 4.09. The van der Waals surface area contributed by atoms with Crippen LogP contribution in [-0.2, 0) is 0 Å². The number of hydrogen-bond donors (Lipinski definition) is 1. The second-order valence-corrected chi connectivity index (χ2v) is 4.09. The first-order chi connectivity index (χ1) is 7.00. The maximum atomic E-state index is 12.9. The molecule has 0 bridgehead atoms. The van der Waals surface area contributed by atoms with Crippen molar-refractivity contribution in [1.29, 1.82) is 0 Å². The van der Waals surface area contributed by atoms with Crippen molar-refractivity contribution in [3.63, 3.8) is 0 Å². The van der Waals surface area contributed by atoms with Gasteiger partial charge in [-0.05, 0) is 30.5 Å². The second kappa shape index (κ2) is 4.91. The van der Waals surface area contributed by atoms with Crippen molar-refractivity contribution in [2.75, 3.05) is 5.73 Å². The van der Waals surface area contributed by atoms with Crippen LogP contribution in [-0.4, -0.2) is 5.78 Å². The predicted molar refractivity (Wildman–Crippen MR) is 59.2 cm³/mol. The summed E-state index contributed by atoms with van der Waals surface area (Å²) >= 11 is 0. The molecule has 0 atom stereocenters. The van der Waals surface area contributed by atoms with Crippen molar-refractivity contribution in [1.82, 2.24) is 0 Å². The number of carbonyl (C=O) groups is 1. The molecule has 0 saturated heterocycles. The number of benzene rings is 1. The van der Waals surface area contributed by atoms with Gasteiger partial charge in [0, 0.05) is 17.7 Å². The van der Waals surface area contributed by atoms with Gasteiger partial charge in [0.05, 0.1) is 0 Å². The summed E-state index contributed by atoms with van der Waals surface area (Å²) in [7, 11) is 0. The minimum atomic E-state index is -0.419. The molecule has 2 nitrogen and oxygen atoms in total. The number of hydrogen-bond acceptors (Lipinski definition) is 2. The minimum absolute atomic E-state index is 0.0827. The molecule has 0 saturated carbocycles. The predicted octanol–water partition coefficient (Wildman–Crippen LogP) is 3.03. The van der Waals surface area contributed by atoms with Gasteiger partial charge in [-0.1, -0.05) is 13.8 Å². The lowest BCUT2D eigenvalue weighted by molar-refractivity contribution is 0.0976. The molecule has 1 rings (SSSR count). The lowest BCUT2D eigenvalue weighted by Crippen LogP contribution is -2.05. The van der Waals surface area contributed by atoms with E-state index in [0.717, 1.165) is 6.42 Å². The summed E-state index contributed by atoms with van der Waals surface area (Å²) in [5, 5.41) is 0. The van der Waals surface area contributed by atoms with Crippen molar-refractivity contribution < 1.29 is 9.18 Å². The fourth-order valence-electron chi connectivity index (χ4n) is 1.32. The van der Waals surface area contributed by atoms with Crippen LogP contribution in [0, 0.1) is 11.7 Å². The lowest BCUT2D eigenvalue weighted by atomic mass is 10.0. The third-order valence-corrected chi connectivity index (χ3v) is 2.26. The molecule has 0 aliphatic carbocycles. The molecule has 0 aromatic heterocycles. The molecule has 2 N–H and O–H groups in total. The average molecular weight is 209 g/mol. The van der Waals surface area contributed by atoms with E-state index in [1.807, 2.05) is 13.8 Å². The first kappa shape index (κ1) is 11.7. The van der Waals surface area contributed by atoms with Gasteiger partial charge in [-0.25, -0.2) is 4.39 Å². The number of nitrogens with two attached hydrogens (primary N) is 1. The van der Waals surface area contributed by atoms with Crippen LogP contribution in [0.2, 0.25) is 0 Å². The highest BCUT2D eigenvalue weighted by Gasteiger charge is 2.11. The number of nitrogen functional groups attached to an aromatic ring is 1. The summed E-state index contributed by atoms with van der Waals surface area (Å²) in [6, 6.07) is 3.89. The van der Waals surface area contributed by atoms with Crippen molar-refractivity contribution in [2.24, 2.45) is 5.92 Å². The van der Waals surface area contributed by atoms with E-state index in [2.05, 4.69) is 0 Å². The van der Waals surface area contributed by atoms with E-state index < -0.39 is 5.82 Å². The lowest BCUT2D eigenvalue weighted by Gasteiger charge is -2.06. The number of anilines is 1. The molecule has 1 aromatic carbocycles. The van der Waals surface area contributed by atoms with Crippen LogP contribution in [0.15, 0.2) is 18.2 Å². The molecule has 15 heavy (non-hydrogen) atoms. The Morgan fingerprint density at radius 2 is 2.13 bits per heavy atom. The summed E-state index contributed by atoms with van der Waals surface area (Å²) < 4.78 is 12.9. The topological polar surface area (TPSA) is 43.1 Å². The number of halogens is 1. The van der Waals surface area contributed by atoms with Crippen LogP contribution in [0.4, 0.5) is 10.1 Å². The Labute approximate surface area is 89.3 Å². The zero-order valence-corrected chi connectivity index (χ0v) is 9.09. The van der Waals surface area contributed by atoms with E-state index in [9.17, 15) is 9.18 Å². The Bertz CT molecular complexity index is 361. The molecule has 0 spiro atoms. The Morgan fingerprint density at radius 1 is 1.47 bits per heavy atom. The minimum Gasteiger partial charge on any atom is -0.398 e. The number of ketones is 1. The summed E-state index contributed by atoms with van der Waals surface area (Å²) in [5.74, 6) is -0.0402. The first-order valence-electron chi connectivity index (χ1n) is 5.09. The molecule has 0 radical (unpaired) electrons. The Hall–Kier alpha value is -1.38. The zero-order valence-electron chi connectivity index (χ0n) is 9.09. The van der Waals surface area contributed by atoms with Crippen LogP contribution < -0.4 is 5.73 Å². The normalized spacial score (nSPS) is 10.7. The number of Topliss-reactive ketones (excluding diaryl/α,β-unsaturated/α-hetero) is 1. The zero-order chi connectivity index (χ0) is 11.4. The Morgan fingerprint density at radius 3 is 2.73 bits per heavy atom. The van der Waals surface area contributed by atoms with E-state index in [4.69, 9.17) is 5.73 Å². The van der Waals surface area contributed by atoms with Gasteiger partial charge >= 0.3 is 0 Å². The standard InChI is InChI=1S/C12H16FNO/c1-8(2)3-6-12(15)10-7-9(13)4-5-11(10)14/h4-5,7-8H,3,6,14H2,1-2H3. The van der Waals surface area contributed by atoms with Gasteiger partial charge < -0.3 is 5.73 Å².